The molecule has 1 aromatic carbocycles. The second-order valence-electron chi connectivity index (χ2n) is 5.21. The molecule has 0 aliphatic heterocycles. The van der Waals surface area contributed by atoms with Gasteiger partial charge in [-0.25, -0.2) is 0 Å². The van der Waals surface area contributed by atoms with Crippen LogP contribution in [0.4, 0.5) is 0 Å². The molecule has 0 aliphatic carbocycles. The number of nitrogens with one attached hydrogen (secondary N) is 1. The van der Waals surface area contributed by atoms with Crippen molar-refractivity contribution in [1.82, 2.24) is 5.32 Å². The Kier molecular flexibility index (Phi) is 6.09. The number of hydrogen-bond donors (Lipinski definition) is 1. The summed E-state index contributed by atoms with van der Waals surface area (Å²) < 4.78 is 5.77. The van der Waals surface area contributed by atoms with Crippen LogP contribution < -0.4 is 10.1 Å². The van der Waals surface area contributed by atoms with Gasteiger partial charge in [0.1, 0.15) is 12.4 Å². The number of rotatable bonds is 8. The monoisotopic (exact) mass is 289 g/mol. The topological polar surface area (TPSA) is 21.3 Å². The molecule has 2 aromatic rings. The van der Waals surface area contributed by atoms with Crippen molar-refractivity contribution in [3.05, 3.63) is 52.2 Å². The van der Waals surface area contributed by atoms with Crippen molar-refractivity contribution in [2.24, 2.45) is 0 Å². The van der Waals surface area contributed by atoms with Gasteiger partial charge in [-0.3, -0.25) is 0 Å². The first kappa shape index (κ1) is 15.1. The van der Waals surface area contributed by atoms with E-state index >= 15 is 0 Å². The van der Waals surface area contributed by atoms with Gasteiger partial charge in [-0.05, 0) is 59.0 Å². The third kappa shape index (κ3) is 4.99. The molecule has 0 fully saturated rings. The highest BCUT2D eigenvalue weighted by Crippen LogP contribution is 2.19. The maximum atomic E-state index is 5.77. The van der Waals surface area contributed by atoms with Crippen LogP contribution in [-0.2, 0) is 6.42 Å². The minimum atomic E-state index is 0.544. The van der Waals surface area contributed by atoms with Gasteiger partial charge in [0.25, 0.3) is 0 Å². The van der Waals surface area contributed by atoms with Crippen molar-refractivity contribution >= 4 is 11.3 Å². The molecule has 20 heavy (non-hydrogen) atoms. The van der Waals surface area contributed by atoms with Crippen molar-refractivity contribution in [3.63, 3.8) is 0 Å². The first-order valence-electron chi connectivity index (χ1n) is 7.20. The molecule has 1 aromatic heterocycles. The summed E-state index contributed by atoms with van der Waals surface area (Å²) in [5.74, 6) is 1.51. The highest BCUT2D eigenvalue weighted by Gasteiger charge is 2.00. The number of benzene rings is 1. The largest absolute Gasteiger partial charge is 0.492 e. The Balaban J connectivity index is 1.62. The van der Waals surface area contributed by atoms with Crippen molar-refractivity contribution in [3.8, 4) is 5.75 Å². The van der Waals surface area contributed by atoms with Gasteiger partial charge in [0.15, 0.2) is 0 Å². The maximum absolute atomic E-state index is 5.77. The van der Waals surface area contributed by atoms with Gasteiger partial charge in [-0.2, -0.15) is 11.3 Å². The minimum absolute atomic E-state index is 0.544. The number of hydrogen-bond acceptors (Lipinski definition) is 3. The Morgan fingerprint density at radius 3 is 2.85 bits per heavy atom. The molecule has 1 N–H and O–H groups in total. The Bertz CT molecular complexity index is 493. The van der Waals surface area contributed by atoms with Crippen molar-refractivity contribution in [2.45, 2.75) is 26.2 Å². The zero-order chi connectivity index (χ0) is 14.2. The van der Waals surface area contributed by atoms with Gasteiger partial charge >= 0.3 is 0 Å². The van der Waals surface area contributed by atoms with E-state index in [-0.39, 0.29) is 0 Å². The second kappa shape index (κ2) is 8.08. The van der Waals surface area contributed by atoms with E-state index in [1.54, 1.807) is 11.3 Å². The summed E-state index contributed by atoms with van der Waals surface area (Å²) in [6.07, 6.45) is 1.09. The van der Waals surface area contributed by atoms with Crippen molar-refractivity contribution in [1.29, 1.82) is 0 Å². The first-order valence-corrected chi connectivity index (χ1v) is 8.14. The van der Waals surface area contributed by atoms with Crippen LogP contribution in [0.1, 0.15) is 30.9 Å². The fraction of sp³-hybridized carbons (Fsp3) is 0.412. The Hall–Kier alpha value is -1.32. The molecule has 0 aliphatic rings. The molecule has 0 unspecified atom stereocenters. The highest BCUT2D eigenvalue weighted by atomic mass is 32.1. The average Bonchev–Trinajstić information content (AvgIpc) is 2.96. The van der Waals surface area contributed by atoms with Gasteiger partial charge in [0.2, 0.25) is 0 Å². The molecular formula is C17H23NOS. The van der Waals surface area contributed by atoms with Crippen LogP contribution in [0, 0.1) is 0 Å². The molecule has 2 nitrogen and oxygen atoms in total. The Morgan fingerprint density at radius 1 is 1.20 bits per heavy atom. The van der Waals surface area contributed by atoms with E-state index in [9.17, 15) is 0 Å². The summed E-state index contributed by atoms with van der Waals surface area (Å²) in [5.41, 5.74) is 2.74. The lowest BCUT2D eigenvalue weighted by Gasteiger charge is -2.10. The van der Waals surface area contributed by atoms with E-state index in [4.69, 9.17) is 4.74 Å². The third-order valence-electron chi connectivity index (χ3n) is 3.24. The number of thiophene rings is 1. The molecule has 2 rings (SSSR count). The highest BCUT2D eigenvalue weighted by molar-refractivity contribution is 7.07. The van der Waals surface area contributed by atoms with Crippen LogP contribution in [0.15, 0.2) is 41.1 Å². The molecule has 0 bridgehead atoms. The standard InChI is InChI=1S/C17H23NOS/c1-14(2)16-4-3-5-17(12-16)19-10-9-18-8-6-15-7-11-20-13-15/h3-5,7,11-14,18H,6,8-10H2,1-2H3. The SMILES string of the molecule is CC(C)c1cccc(OCCNCCc2ccsc2)c1. The van der Waals surface area contributed by atoms with Crippen molar-refractivity contribution < 1.29 is 4.74 Å². The van der Waals surface area contributed by atoms with E-state index in [1.165, 1.54) is 11.1 Å². The zero-order valence-corrected chi connectivity index (χ0v) is 13.1. The second-order valence-corrected chi connectivity index (χ2v) is 5.99. The van der Waals surface area contributed by atoms with E-state index < -0.39 is 0 Å². The van der Waals surface area contributed by atoms with E-state index in [1.807, 2.05) is 6.07 Å². The predicted octanol–water partition coefficient (Wildman–Crippen LogP) is 4.08. The Morgan fingerprint density at radius 2 is 2.10 bits per heavy atom. The summed E-state index contributed by atoms with van der Waals surface area (Å²) in [7, 11) is 0. The summed E-state index contributed by atoms with van der Waals surface area (Å²) in [5, 5.41) is 7.74. The molecule has 108 valence electrons. The quantitative estimate of drug-likeness (QED) is 0.739. The lowest BCUT2D eigenvalue weighted by Crippen LogP contribution is -2.23. The van der Waals surface area contributed by atoms with Gasteiger partial charge in [-0.15, -0.1) is 0 Å². The van der Waals surface area contributed by atoms with E-state index in [2.05, 4.69) is 54.2 Å². The average molecular weight is 289 g/mol. The summed E-state index contributed by atoms with van der Waals surface area (Å²) in [6.45, 7) is 7.00. The van der Waals surface area contributed by atoms with Gasteiger partial charge in [0, 0.05) is 6.54 Å². The van der Waals surface area contributed by atoms with Crippen LogP contribution in [0.3, 0.4) is 0 Å². The molecule has 0 spiro atoms. The fourth-order valence-electron chi connectivity index (χ4n) is 2.00. The fourth-order valence-corrected chi connectivity index (χ4v) is 2.70. The lowest BCUT2D eigenvalue weighted by atomic mass is 10.0. The maximum Gasteiger partial charge on any atom is 0.119 e. The van der Waals surface area contributed by atoms with Crippen LogP contribution in [0.2, 0.25) is 0 Å². The summed E-state index contributed by atoms with van der Waals surface area (Å²) >= 11 is 1.76. The molecule has 0 atom stereocenters. The van der Waals surface area contributed by atoms with Crippen LogP contribution in [0.25, 0.3) is 0 Å². The summed E-state index contributed by atoms with van der Waals surface area (Å²) in [4.78, 5) is 0. The third-order valence-corrected chi connectivity index (χ3v) is 3.97. The lowest BCUT2D eigenvalue weighted by molar-refractivity contribution is 0.314. The predicted molar refractivity (Wildman–Crippen MR) is 86.9 cm³/mol. The molecule has 0 amide bonds. The molecular weight excluding hydrogens is 266 g/mol. The van der Waals surface area contributed by atoms with Crippen LogP contribution in [0.5, 0.6) is 5.75 Å². The van der Waals surface area contributed by atoms with Crippen molar-refractivity contribution in [2.75, 3.05) is 19.7 Å². The normalized spacial score (nSPS) is 10.9. The van der Waals surface area contributed by atoms with Gasteiger partial charge in [0.05, 0.1) is 0 Å². The zero-order valence-electron chi connectivity index (χ0n) is 12.3. The molecule has 0 saturated carbocycles. The Labute approximate surface area is 125 Å². The van der Waals surface area contributed by atoms with E-state index in [0.29, 0.717) is 12.5 Å². The molecule has 0 saturated heterocycles. The number of ether oxygens (including phenoxy) is 1. The van der Waals surface area contributed by atoms with Gasteiger partial charge in [-0.1, -0.05) is 26.0 Å². The molecule has 0 radical (unpaired) electrons. The molecule has 1 heterocycles. The smallest absolute Gasteiger partial charge is 0.119 e. The van der Waals surface area contributed by atoms with E-state index in [0.717, 1.165) is 25.3 Å². The van der Waals surface area contributed by atoms with Crippen LogP contribution >= 0.6 is 11.3 Å². The minimum Gasteiger partial charge on any atom is -0.492 e. The van der Waals surface area contributed by atoms with Crippen LogP contribution in [-0.4, -0.2) is 19.7 Å². The molecule has 3 heteroatoms. The first-order chi connectivity index (χ1) is 9.75. The van der Waals surface area contributed by atoms with Gasteiger partial charge < -0.3 is 10.1 Å². The summed E-state index contributed by atoms with van der Waals surface area (Å²) in [6, 6.07) is 10.6.